The Labute approximate surface area is 118 Å². The van der Waals surface area contributed by atoms with Gasteiger partial charge in [0.05, 0.1) is 14.2 Å². The molecular formula is C11H13N5O5. The molecule has 0 radical (unpaired) electrons. The number of aromatic nitrogens is 4. The molecule has 0 unspecified atom stereocenters. The van der Waals surface area contributed by atoms with Gasteiger partial charge in [0.25, 0.3) is 5.65 Å². The van der Waals surface area contributed by atoms with Crippen LogP contribution in [0.15, 0.2) is 6.33 Å². The lowest BCUT2D eigenvalue weighted by molar-refractivity contribution is -0.581. The van der Waals surface area contributed by atoms with Gasteiger partial charge in [0.1, 0.15) is 12.9 Å². The maximum Gasteiger partial charge on any atom is 0.420 e. The summed E-state index contributed by atoms with van der Waals surface area (Å²) >= 11 is 0. The van der Waals surface area contributed by atoms with E-state index in [1.54, 1.807) is 0 Å². The molecule has 2 heterocycles. The van der Waals surface area contributed by atoms with Crippen molar-refractivity contribution in [2.75, 3.05) is 25.6 Å². The molecule has 10 heteroatoms. The molecule has 2 rings (SSSR count). The molecule has 10 nitrogen and oxygen atoms in total. The first-order valence-corrected chi connectivity index (χ1v) is 5.82. The van der Waals surface area contributed by atoms with Crippen LogP contribution in [0.4, 0.5) is 5.82 Å². The van der Waals surface area contributed by atoms with Gasteiger partial charge in [0.15, 0.2) is 5.82 Å². The summed E-state index contributed by atoms with van der Waals surface area (Å²) in [5.41, 5.74) is 0.132. The highest BCUT2D eigenvalue weighted by Crippen LogP contribution is 2.20. The first-order valence-electron chi connectivity index (χ1n) is 5.82. The van der Waals surface area contributed by atoms with Crippen molar-refractivity contribution in [3.63, 3.8) is 0 Å². The monoisotopic (exact) mass is 295 g/mol. The summed E-state index contributed by atoms with van der Waals surface area (Å²) < 4.78 is 5.94. The van der Waals surface area contributed by atoms with Crippen molar-refractivity contribution >= 4 is 28.9 Å². The van der Waals surface area contributed by atoms with Crippen molar-refractivity contribution in [2.45, 2.75) is 0 Å². The summed E-state index contributed by atoms with van der Waals surface area (Å²) in [6.07, 6.45) is 1.19. The van der Waals surface area contributed by atoms with Crippen LogP contribution in [0, 0.1) is 5.21 Å². The molecule has 0 aliphatic heterocycles. The number of carbonyl (C=O) groups excluding carboxylic acids is 1. The van der Waals surface area contributed by atoms with Gasteiger partial charge in [-0.2, -0.15) is 4.98 Å². The average Bonchev–Trinajstić information content (AvgIpc) is 2.70. The van der Waals surface area contributed by atoms with Crippen LogP contribution in [0.25, 0.3) is 11.2 Å². The molecule has 0 bridgehead atoms. The lowest BCUT2D eigenvalue weighted by Crippen LogP contribution is -2.36. The largest absolute Gasteiger partial charge is 0.710 e. The highest BCUT2D eigenvalue weighted by Gasteiger charge is 2.30. The van der Waals surface area contributed by atoms with Crippen molar-refractivity contribution in [1.82, 2.24) is 14.5 Å². The van der Waals surface area contributed by atoms with Gasteiger partial charge in [0.2, 0.25) is 5.52 Å². The van der Waals surface area contributed by atoms with Gasteiger partial charge in [0, 0.05) is 7.05 Å². The minimum atomic E-state index is -1.38. The van der Waals surface area contributed by atoms with Crippen LogP contribution < -0.4 is 9.63 Å². The molecule has 0 atom stereocenters. The van der Waals surface area contributed by atoms with E-state index < -0.39 is 17.8 Å². The quantitative estimate of drug-likeness (QED) is 0.428. The average molecular weight is 295 g/mol. The molecule has 2 aromatic heterocycles. The van der Waals surface area contributed by atoms with E-state index >= 15 is 0 Å². The second-order valence-electron chi connectivity index (χ2n) is 4.28. The molecule has 1 N–H and O–H groups in total. The van der Waals surface area contributed by atoms with Gasteiger partial charge >= 0.3 is 17.8 Å². The number of aryl methyl sites for hydroxylation is 1. The summed E-state index contributed by atoms with van der Waals surface area (Å²) in [5.74, 6) is -2.25. The molecule has 0 aliphatic rings. The van der Waals surface area contributed by atoms with E-state index in [1.807, 2.05) is 0 Å². The van der Waals surface area contributed by atoms with Crippen molar-refractivity contribution in [3.05, 3.63) is 17.4 Å². The van der Waals surface area contributed by atoms with Crippen LogP contribution in [-0.4, -0.2) is 52.3 Å². The first-order chi connectivity index (χ1) is 9.88. The van der Waals surface area contributed by atoms with E-state index in [2.05, 4.69) is 14.7 Å². The third-order valence-corrected chi connectivity index (χ3v) is 2.96. The van der Waals surface area contributed by atoms with E-state index in [-0.39, 0.29) is 28.3 Å². The minimum Gasteiger partial charge on any atom is -0.710 e. The van der Waals surface area contributed by atoms with Crippen LogP contribution in [0.2, 0.25) is 0 Å². The Morgan fingerprint density at radius 1 is 1.52 bits per heavy atom. The van der Waals surface area contributed by atoms with Gasteiger partial charge in [-0.3, -0.25) is 4.79 Å². The van der Waals surface area contributed by atoms with Crippen LogP contribution in [-0.2, 0) is 16.6 Å². The number of rotatable bonds is 4. The summed E-state index contributed by atoms with van der Waals surface area (Å²) in [6.45, 7) is -0.139. The zero-order chi connectivity index (χ0) is 15.7. The maximum atomic E-state index is 12.2. The summed E-state index contributed by atoms with van der Waals surface area (Å²) in [5, 5.41) is 21.2. The Morgan fingerprint density at radius 2 is 2.19 bits per heavy atom. The number of nitrogens with zero attached hydrogens (tertiary/aromatic N) is 5. The lowest BCUT2D eigenvalue weighted by Gasteiger charge is -2.16. The van der Waals surface area contributed by atoms with Crippen molar-refractivity contribution < 1.29 is 24.2 Å². The van der Waals surface area contributed by atoms with Crippen molar-refractivity contribution in [2.24, 2.45) is 7.05 Å². The number of hydrogen-bond donors (Lipinski definition) is 1. The maximum absolute atomic E-state index is 12.2. The zero-order valence-corrected chi connectivity index (χ0v) is 11.6. The topological polar surface area (TPSA) is 124 Å². The number of fused-ring (bicyclic) bond motifs is 1. The van der Waals surface area contributed by atoms with E-state index in [9.17, 15) is 14.8 Å². The van der Waals surface area contributed by atoms with E-state index in [1.165, 1.54) is 32.4 Å². The van der Waals surface area contributed by atoms with Gasteiger partial charge in [-0.25, -0.2) is 19.1 Å². The Bertz CT molecular complexity index is 725. The Hall–Kier alpha value is -2.91. The number of likely N-dealkylation sites (N-methyl/N-ethyl adjacent to an activating group) is 1. The number of imidazole rings is 1. The number of anilines is 1. The molecule has 0 saturated carbocycles. The third kappa shape index (κ3) is 2.30. The molecule has 112 valence electrons. The minimum absolute atomic E-state index is 0.0243. The summed E-state index contributed by atoms with van der Waals surface area (Å²) in [4.78, 5) is 31.7. The normalized spacial score (nSPS) is 10.6. The molecule has 0 aliphatic carbocycles. The van der Waals surface area contributed by atoms with Crippen LogP contribution >= 0.6 is 0 Å². The van der Waals surface area contributed by atoms with Gasteiger partial charge in [-0.1, -0.05) is 0 Å². The number of carboxylic acids is 1. The highest BCUT2D eigenvalue weighted by atomic mass is 16.5. The van der Waals surface area contributed by atoms with Crippen LogP contribution in [0.5, 0.6) is 0 Å². The standard InChI is InChI=1S/C11H13N5O5/c1-14(4-6(17)21-3)8-7-9(13-5-12-8)15(2)10(11(18)19)16(7)20/h5H,4H2,1-3H3,(H,18,19). The fourth-order valence-corrected chi connectivity index (χ4v) is 1.97. The van der Waals surface area contributed by atoms with Crippen LogP contribution in [0.1, 0.15) is 10.6 Å². The number of hydrogen-bond acceptors (Lipinski definition) is 7. The van der Waals surface area contributed by atoms with E-state index in [4.69, 9.17) is 5.11 Å². The second kappa shape index (κ2) is 5.23. The van der Waals surface area contributed by atoms with Gasteiger partial charge in [-0.05, 0) is 0 Å². The Morgan fingerprint density at radius 3 is 2.76 bits per heavy atom. The number of carboxylic acid groups (broad SMARTS) is 1. The van der Waals surface area contributed by atoms with Gasteiger partial charge < -0.3 is 20.0 Å². The van der Waals surface area contributed by atoms with E-state index in [0.29, 0.717) is 0 Å². The molecular weight excluding hydrogens is 282 g/mol. The molecule has 0 saturated heterocycles. The fraction of sp³-hybridized carbons (Fsp3) is 0.364. The molecule has 0 amide bonds. The number of methoxy groups -OCH3 is 1. The molecule has 21 heavy (non-hydrogen) atoms. The highest BCUT2D eigenvalue weighted by molar-refractivity contribution is 5.89. The summed E-state index contributed by atoms with van der Waals surface area (Å²) in [6, 6.07) is 0. The SMILES string of the molecule is COC(=O)CN(C)c1ncnc2c1[n+]([O-])c(C(=O)O)n2C. The fourth-order valence-electron chi connectivity index (χ4n) is 1.97. The second-order valence-corrected chi connectivity index (χ2v) is 4.28. The van der Waals surface area contributed by atoms with Crippen molar-refractivity contribution in [3.8, 4) is 0 Å². The third-order valence-electron chi connectivity index (χ3n) is 2.96. The number of carbonyl (C=O) groups is 2. The van der Waals surface area contributed by atoms with E-state index in [0.717, 1.165) is 4.57 Å². The van der Waals surface area contributed by atoms with Crippen molar-refractivity contribution in [1.29, 1.82) is 0 Å². The number of esters is 1. The first kappa shape index (κ1) is 14.5. The Balaban J connectivity index is 2.63. The molecule has 0 fully saturated rings. The lowest BCUT2D eigenvalue weighted by atomic mass is 10.4. The Kier molecular flexibility index (Phi) is 3.61. The molecule has 0 spiro atoms. The molecule has 0 aromatic carbocycles. The smallest absolute Gasteiger partial charge is 0.420 e. The number of aromatic carboxylic acids is 1. The predicted octanol–water partition coefficient (Wildman–Crippen LogP) is -1.09. The summed E-state index contributed by atoms with van der Waals surface area (Å²) in [7, 11) is 4.19. The molecule has 2 aromatic rings. The van der Waals surface area contributed by atoms with Gasteiger partial charge in [-0.15, -0.1) is 0 Å². The number of ether oxygens (including phenoxy) is 1. The van der Waals surface area contributed by atoms with Crippen LogP contribution in [0.3, 0.4) is 0 Å². The zero-order valence-electron chi connectivity index (χ0n) is 11.6. The predicted molar refractivity (Wildman–Crippen MR) is 69.7 cm³/mol.